The Hall–Kier alpha value is -0.870. The molecule has 1 saturated carbocycles. The van der Waals surface area contributed by atoms with Crippen molar-refractivity contribution >= 4 is 0 Å². The molecule has 1 aromatic rings. The zero-order chi connectivity index (χ0) is 12.3. The molecule has 96 valence electrons. The third-order valence-electron chi connectivity index (χ3n) is 4.16. The lowest BCUT2D eigenvalue weighted by molar-refractivity contribution is 0.286. The smallest absolute Gasteiger partial charge is 0.0521 e. The third-order valence-corrected chi connectivity index (χ3v) is 4.16. The largest absolute Gasteiger partial charge is 0.276 e. The maximum atomic E-state index is 5.71. The standard InChI is InChI=1S/C13H24N4/c1-10-4-3-5-12(10)13(16-14)7-6-11-8-15-17(2)9-11/h8-10,12-13,16H,3-7,14H2,1-2H3. The minimum absolute atomic E-state index is 0.452. The van der Waals surface area contributed by atoms with Crippen LogP contribution in [0.4, 0.5) is 0 Å². The van der Waals surface area contributed by atoms with Crippen LogP contribution in [-0.2, 0) is 13.5 Å². The lowest BCUT2D eigenvalue weighted by Gasteiger charge is -2.26. The van der Waals surface area contributed by atoms with Gasteiger partial charge in [0.05, 0.1) is 6.20 Å². The maximum absolute atomic E-state index is 5.71. The van der Waals surface area contributed by atoms with Gasteiger partial charge in [0.2, 0.25) is 0 Å². The Bertz CT molecular complexity index is 347. The summed E-state index contributed by atoms with van der Waals surface area (Å²) in [5.41, 5.74) is 4.33. The summed E-state index contributed by atoms with van der Waals surface area (Å²) in [5, 5.41) is 4.20. The molecule has 2 rings (SSSR count). The van der Waals surface area contributed by atoms with Gasteiger partial charge in [0, 0.05) is 19.3 Å². The van der Waals surface area contributed by atoms with Crippen molar-refractivity contribution in [3.05, 3.63) is 18.0 Å². The predicted octanol–water partition coefficient (Wildman–Crippen LogP) is 1.62. The molecular formula is C13H24N4. The van der Waals surface area contributed by atoms with Gasteiger partial charge in [-0.25, -0.2) is 0 Å². The van der Waals surface area contributed by atoms with Crippen molar-refractivity contribution in [2.45, 2.75) is 45.1 Å². The lowest BCUT2D eigenvalue weighted by Crippen LogP contribution is -2.42. The van der Waals surface area contributed by atoms with Crippen molar-refractivity contribution in [3.8, 4) is 0 Å². The molecular weight excluding hydrogens is 212 g/mol. The van der Waals surface area contributed by atoms with E-state index >= 15 is 0 Å². The number of nitrogens with one attached hydrogen (secondary N) is 1. The average Bonchev–Trinajstić information content (AvgIpc) is 2.90. The second-order valence-electron chi connectivity index (χ2n) is 5.41. The zero-order valence-corrected chi connectivity index (χ0v) is 10.9. The van der Waals surface area contributed by atoms with Gasteiger partial charge >= 0.3 is 0 Å². The molecule has 4 heteroatoms. The van der Waals surface area contributed by atoms with Crippen molar-refractivity contribution in [1.82, 2.24) is 15.2 Å². The van der Waals surface area contributed by atoms with Gasteiger partial charge < -0.3 is 0 Å². The van der Waals surface area contributed by atoms with E-state index in [1.54, 1.807) is 0 Å². The average molecular weight is 236 g/mol. The normalized spacial score (nSPS) is 26.3. The van der Waals surface area contributed by atoms with Crippen LogP contribution in [-0.4, -0.2) is 15.8 Å². The molecule has 3 atom stereocenters. The highest BCUT2D eigenvalue weighted by Crippen LogP contribution is 2.34. The minimum Gasteiger partial charge on any atom is -0.276 e. The van der Waals surface area contributed by atoms with Crippen LogP contribution >= 0.6 is 0 Å². The van der Waals surface area contributed by atoms with Crippen LogP contribution in [0, 0.1) is 11.8 Å². The van der Waals surface area contributed by atoms with Gasteiger partial charge in [-0.05, 0) is 36.7 Å². The van der Waals surface area contributed by atoms with Crippen LogP contribution in [0.5, 0.6) is 0 Å². The number of aromatic nitrogens is 2. The molecule has 4 nitrogen and oxygen atoms in total. The van der Waals surface area contributed by atoms with Gasteiger partial charge in [0.15, 0.2) is 0 Å². The summed E-state index contributed by atoms with van der Waals surface area (Å²) in [6.07, 6.45) is 10.2. The van der Waals surface area contributed by atoms with Gasteiger partial charge in [-0.2, -0.15) is 5.10 Å². The van der Waals surface area contributed by atoms with Crippen molar-refractivity contribution < 1.29 is 0 Å². The Balaban J connectivity index is 1.87. The fourth-order valence-electron chi connectivity index (χ4n) is 3.12. The second-order valence-corrected chi connectivity index (χ2v) is 5.41. The second kappa shape index (κ2) is 5.65. The highest BCUT2D eigenvalue weighted by Gasteiger charge is 2.29. The van der Waals surface area contributed by atoms with E-state index < -0.39 is 0 Å². The topological polar surface area (TPSA) is 55.9 Å². The first-order chi connectivity index (χ1) is 8.20. The molecule has 1 aliphatic rings. The van der Waals surface area contributed by atoms with Crippen molar-refractivity contribution in [3.63, 3.8) is 0 Å². The Morgan fingerprint density at radius 3 is 2.94 bits per heavy atom. The predicted molar refractivity (Wildman–Crippen MR) is 69.1 cm³/mol. The van der Waals surface area contributed by atoms with Gasteiger partial charge in [-0.3, -0.25) is 16.0 Å². The molecule has 1 aromatic heterocycles. The quantitative estimate of drug-likeness (QED) is 0.603. The van der Waals surface area contributed by atoms with E-state index in [9.17, 15) is 0 Å². The van der Waals surface area contributed by atoms with E-state index in [2.05, 4.69) is 23.6 Å². The molecule has 0 bridgehead atoms. The first-order valence-electron chi connectivity index (χ1n) is 6.64. The Kier molecular flexibility index (Phi) is 4.18. The number of hydrazine groups is 1. The molecule has 0 aromatic carbocycles. The summed E-state index contributed by atoms with van der Waals surface area (Å²) in [6, 6.07) is 0.452. The summed E-state index contributed by atoms with van der Waals surface area (Å²) >= 11 is 0. The van der Waals surface area contributed by atoms with Crippen LogP contribution in [0.1, 0.15) is 38.2 Å². The monoisotopic (exact) mass is 236 g/mol. The number of nitrogens with two attached hydrogens (primary N) is 1. The maximum Gasteiger partial charge on any atom is 0.0521 e. The highest BCUT2D eigenvalue weighted by molar-refractivity contribution is 5.04. The van der Waals surface area contributed by atoms with Gasteiger partial charge in [-0.15, -0.1) is 0 Å². The van der Waals surface area contributed by atoms with Gasteiger partial charge in [0.25, 0.3) is 0 Å². The molecule has 1 heterocycles. The van der Waals surface area contributed by atoms with Gasteiger partial charge in [-0.1, -0.05) is 19.8 Å². The molecule has 1 aliphatic carbocycles. The van der Waals surface area contributed by atoms with Crippen LogP contribution in [0.25, 0.3) is 0 Å². The molecule has 0 spiro atoms. The Labute approximate surface area is 104 Å². The summed E-state index contributed by atoms with van der Waals surface area (Å²) < 4.78 is 1.86. The fraction of sp³-hybridized carbons (Fsp3) is 0.769. The van der Waals surface area contributed by atoms with Crippen molar-refractivity contribution in [1.29, 1.82) is 0 Å². The fourth-order valence-corrected chi connectivity index (χ4v) is 3.12. The van der Waals surface area contributed by atoms with Crippen molar-refractivity contribution in [2.24, 2.45) is 24.7 Å². The van der Waals surface area contributed by atoms with Crippen LogP contribution in [0.3, 0.4) is 0 Å². The van der Waals surface area contributed by atoms with E-state index in [0.29, 0.717) is 6.04 Å². The third kappa shape index (κ3) is 3.07. The lowest BCUT2D eigenvalue weighted by atomic mass is 9.87. The molecule has 1 fully saturated rings. The first-order valence-corrected chi connectivity index (χ1v) is 6.64. The highest BCUT2D eigenvalue weighted by atomic mass is 15.2. The van der Waals surface area contributed by atoms with Crippen LogP contribution in [0.15, 0.2) is 12.4 Å². The molecule has 3 unspecified atom stereocenters. The molecule has 17 heavy (non-hydrogen) atoms. The van der Waals surface area contributed by atoms with E-state index in [4.69, 9.17) is 5.84 Å². The number of rotatable bonds is 5. The summed E-state index contributed by atoms with van der Waals surface area (Å²) in [6.45, 7) is 2.35. The molecule has 0 saturated heterocycles. The van der Waals surface area contributed by atoms with Crippen LogP contribution < -0.4 is 11.3 Å². The van der Waals surface area contributed by atoms with Gasteiger partial charge in [0.1, 0.15) is 0 Å². The SMILES string of the molecule is CC1CCCC1C(CCc1cnn(C)c1)NN. The number of nitrogens with zero attached hydrogens (tertiary/aromatic N) is 2. The number of aryl methyl sites for hydroxylation is 2. The Morgan fingerprint density at radius 1 is 1.59 bits per heavy atom. The van der Waals surface area contributed by atoms with E-state index in [-0.39, 0.29) is 0 Å². The molecule has 0 aliphatic heterocycles. The molecule has 3 N–H and O–H groups in total. The summed E-state index contributed by atoms with van der Waals surface area (Å²) in [5.74, 6) is 7.27. The molecule has 0 radical (unpaired) electrons. The van der Waals surface area contributed by atoms with Crippen LogP contribution in [0.2, 0.25) is 0 Å². The van der Waals surface area contributed by atoms with Crippen molar-refractivity contribution in [2.75, 3.05) is 0 Å². The first kappa shape index (κ1) is 12.6. The zero-order valence-electron chi connectivity index (χ0n) is 10.9. The van der Waals surface area contributed by atoms with E-state index in [1.165, 1.54) is 24.8 Å². The Morgan fingerprint density at radius 2 is 2.41 bits per heavy atom. The summed E-state index contributed by atoms with van der Waals surface area (Å²) in [7, 11) is 1.96. The number of hydrogen-bond donors (Lipinski definition) is 2. The number of hydrogen-bond acceptors (Lipinski definition) is 3. The molecule has 0 amide bonds. The van der Waals surface area contributed by atoms with E-state index in [1.807, 2.05) is 17.9 Å². The van der Waals surface area contributed by atoms with E-state index in [0.717, 1.165) is 24.7 Å². The summed E-state index contributed by atoms with van der Waals surface area (Å²) in [4.78, 5) is 0. The minimum atomic E-state index is 0.452.